The molecule has 0 aliphatic heterocycles. The van der Waals surface area contributed by atoms with Crippen LogP contribution in [0.25, 0.3) is 0 Å². The highest BCUT2D eigenvalue weighted by molar-refractivity contribution is 6.31. The summed E-state index contributed by atoms with van der Waals surface area (Å²) in [5.74, 6) is 0.745. The second-order valence-corrected chi connectivity index (χ2v) is 3.94. The third-order valence-electron chi connectivity index (χ3n) is 2.32. The van der Waals surface area contributed by atoms with Crippen molar-refractivity contribution in [3.8, 4) is 0 Å². The van der Waals surface area contributed by atoms with Crippen LogP contribution in [-0.2, 0) is 13.2 Å². The van der Waals surface area contributed by atoms with E-state index in [0.29, 0.717) is 11.6 Å². The molecule has 0 bridgehead atoms. The van der Waals surface area contributed by atoms with Crippen molar-refractivity contribution in [2.45, 2.75) is 13.2 Å². The zero-order valence-corrected chi connectivity index (χ0v) is 9.85. The van der Waals surface area contributed by atoms with E-state index in [9.17, 15) is 0 Å². The van der Waals surface area contributed by atoms with Gasteiger partial charge in [0.25, 0.3) is 0 Å². The Kier molecular flexibility index (Phi) is 3.90. The number of aliphatic hydroxyl groups excluding tert-OH is 1. The van der Waals surface area contributed by atoms with Crippen LogP contribution < -0.4 is 5.32 Å². The van der Waals surface area contributed by atoms with Crippen LogP contribution in [0.3, 0.4) is 0 Å². The molecule has 0 fully saturated rings. The third-order valence-corrected chi connectivity index (χ3v) is 2.66. The van der Waals surface area contributed by atoms with E-state index in [2.05, 4.69) is 15.3 Å². The molecule has 0 saturated heterocycles. The standard InChI is InChI=1S/C12H12ClN3O/c13-11-7-14-4-3-10(11)6-16-12-2-1-9(8-17)5-15-12/h1-5,7,17H,6,8H2,(H,15,16). The zero-order chi connectivity index (χ0) is 12.1. The SMILES string of the molecule is OCc1ccc(NCc2ccncc2Cl)nc1. The first-order valence-corrected chi connectivity index (χ1v) is 5.55. The Balaban J connectivity index is 2.00. The largest absolute Gasteiger partial charge is 0.392 e. The zero-order valence-electron chi connectivity index (χ0n) is 9.10. The van der Waals surface area contributed by atoms with Crippen LogP contribution in [0.1, 0.15) is 11.1 Å². The van der Waals surface area contributed by atoms with Crippen LogP contribution in [0.15, 0.2) is 36.8 Å². The van der Waals surface area contributed by atoms with Crippen molar-refractivity contribution in [1.29, 1.82) is 0 Å². The molecule has 5 heteroatoms. The van der Waals surface area contributed by atoms with E-state index < -0.39 is 0 Å². The lowest BCUT2D eigenvalue weighted by molar-refractivity contribution is 0.281. The summed E-state index contributed by atoms with van der Waals surface area (Å²) in [6.45, 7) is 0.594. The number of aliphatic hydroxyl groups is 1. The van der Waals surface area contributed by atoms with Crippen LogP contribution >= 0.6 is 11.6 Å². The maximum Gasteiger partial charge on any atom is 0.126 e. The van der Waals surface area contributed by atoms with E-state index in [0.717, 1.165) is 16.9 Å². The lowest BCUT2D eigenvalue weighted by atomic mass is 10.2. The summed E-state index contributed by atoms with van der Waals surface area (Å²) >= 11 is 5.98. The molecule has 0 aliphatic rings. The molecular weight excluding hydrogens is 238 g/mol. The molecule has 0 aliphatic carbocycles. The minimum Gasteiger partial charge on any atom is -0.392 e. The Morgan fingerprint density at radius 1 is 1.24 bits per heavy atom. The Labute approximate surface area is 104 Å². The van der Waals surface area contributed by atoms with Gasteiger partial charge in [-0.3, -0.25) is 4.98 Å². The summed E-state index contributed by atoms with van der Waals surface area (Å²) in [7, 11) is 0. The highest BCUT2D eigenvalue weighted by atomic mass is 35.5. The summed E-state index contributed by atoms with van der Waals surface area (Å²) in [5, 5.41) is 12.7. The van der Waals surface area contributed by atoms with Gasteiger partial charge >= 0.3 is 0 Å². The number of nitrogens with zero attached hydrogens (tertiary/aromatic N) is 2. The molecule has 0 spiro atoms. The lowest BCUT2D eigenvalue weighted by Crippen LogP contribution is -2.02. The van der Waals surface area contributed by atoms with Crippen molar-refractivity contribution in [2.75, 3.05) is 5.32 Å². The van der Waals surface area contributed by atoms with Gasteiger partial charge in [0.15, 0.2) is 0 Å². The molecule has 2 aromatic heterocycles. The van der Waals surface area contributed by atoms with E-state index in [1.54, 1.807) is 18.6 Å². The molecule has 17 heavy (non-hydrogen) atoms. The van der Waals surface area contributed by atoms with Crippen LogP contribution in [0.5, 0.6) is 0 Å². The summed E-state index contributed by atoms with van der Waals surface area (Å²) in [4.78, 5) is 8.08. The number of hydrogen-bond donors (Lipinski definition) is 2. The minimum absolute atomic E-state index is 0.00344. The fraction of sp³-hybridized carbons (Fsp3) is 0.167. The predicted octanol–water partition coefficient (Wildman–Crippen LogP) is 2.23. The van der Waals surface area contributed by atoms with E-state index in [1.165, 1.54) is 0 Å². The highest BCUT2D eigenvalue weighted by Gasteiger charge is 2.00. The van der Waals surface area contributed by atoms with E-state index in [1.807, 2.05) is 18.2 Å². The van der Waals surface area contributed by atoms with Gasteiger partial charge in [0.05, 0.1) is 11.6 Å². The van der Waals surface area contributed by atoms with Crippen LogP contribution in [0, 0.1) is 0 Å². The van der Waals surface area contributed by atoms with E-state index in [-0.39, 0.29) is 6.61 Å². The first-order valence-electron chi connectivity index (χ1n) is 5.17. The number of hydrogen-bond acceptors (Lipinski definition) is 4. The van der Waals surface area contributed by atoms with Gasteiger partial charge in [0.2, 0.25) is 0 Å². The van der Waals surface area contributed by atoms with Gasteiger partial charge in [0, 0.05) is 25.1 Å². The lowest BCUT2D eigenvalue weighted by Gasteiger charge is -2.07. The Morgan fingerprint density at radius 3 is 2.76 bits per heavy atom. The predicted molar refractivity (Wildman–Crippen MR) is 66.7 cm³/mol. The number of pyridine rings is 2. The summed E-state index contributed by atoms with van der Waals surface area (Å²) < 4.78 is 0. The average Bonchev–Trinajstić information content (AvgIpc) is 2.38. The Hall–Kier alpha value is -1.65. The number of nitrogens with one attached hydrogen (secondary N) is 1. The molecule has 88 valence electrons. The molecular formula is C12H12ClN3O. The van der Waals surface area contributed by atoms with Crippen molar-refractivity contribution >= 4 is 17.4 Å². The first kappa shape index (κ1) is 11.8. The van der Waals surface area contributed by atoms with E-state index in [4.69, 9.17) is 16.7 Å². The fourth-order valence-electron chi connectivity index (χ4n) is 1.36. The van der Waals surface area contributed by atoms with Crippen molar-refractivity contribution in [3.63, 3.8) is 0 Å². The maximum atomic E-state index is 8.89. The quantitative estimate of drug-likeness (QED) is 0.873. The molecule has 2 N–H and O–H groups in total. The van der Waals surface area contributed by atoms with Gasteiger partial charge in [0.1, 0.15) is 5.82 Å². The van der Waals surface area contributed by atoms with Crippen molar-refractivity contribution in [2.24, 2.45) is 0 Å². The molecule has 0 saturated carbocycles. The van der Waals surface area contributed by atoms with Gasteiger partial charge in [-0.1, -0.05) is 17.7 Å². The second kappa shape index (κ2) is 5.61. The second-order valence-electron chi connectivity index (χ2n) is 3.53. The van der Waals surface area contributed by atoms with Crippen LogP contribution in [0.2, 0.25) is 5.02 Å². The molecule has 2 heterocycles. The van der Waals surface area contributed by atoms with Gasteiger partial charge in [-0.2, -0.15) is 0 Å². The van der Waals surface area contributed by atoms with Gasteiger partial charge < -0.3 is 10.4 Å². The monoisotopic (exact) mass is 249 g/mol. The molecule has 0 aromatic carbocycles. The number of rotatable bonds is 4. The first-order chi connectivity index (χ1) is 8.29. The smallest absolute Gasteiger partial charge is 0.126 e. The van der Waals surface area contributed by atoms with Crippen LogP contribution in [-0.4, -0.2) is 15.1 Å². The van der Waals surface area contributed by atoms with Crippen molar-refractivity contribution in [3.05, 3.63) is 52.9 Å². The molecule has 0 amide bonds. The van der Waals surface area contributed by atoms with Crippen LogP contribution in [0.4, 0.5) is 5.82 Å². The summed E-state index contributed by atoms with van der Waals surface area (Å²) in [6.07, 6.45) is 4.95. The van der Waals surface area contributed by atoms with Crippen molar-refractivity contribution in [1.82, 2.24) is 9.97 Å². The topological polar surface area (TPSA) is 58.0 Å². The summed E-state index contributed by atoms with van der Waals surface area (Å²) in [5.41, 5.74) is 1.76. The molecule has 0 unspecified atom stereocenters. The summed E-state index contributed by atoms with van der Waals surface area (Å²) in [6, 6.07) is 5.50. The maximum absolute atomic E-state index is 8.89. The normalized spacial score (nSPS) is 10.2. The highest BCUT2D eigenvalue weighted by Crippen LogP contribution is 2.15. The molecule has 2 aromatic rings. The Bertz CT molecular complexity index is 487. The van der Waals surface area contributed by atoms with Gasteiger partial charge in [-0.15, -0.1) is 0 Å². The molecule has 0 radical (unpaired) electrons. The average molecular weight is 250 g/mol. The molecule has 4 nitrogen and oxygen atoms in total. The van der Waals surface area contributed by atoms with Gasteiger partial charge in [-0.25, -0.2) is 4.98 Å². The minimum atomic E-state index is 0.00344. The van der Waals surface area contributed by atoms with Crippen molar-refractivity contribution < 1.29 is 5.11 Å². The van der Waals surface area contributed by atoms with E-state index >= 15 is 0 Å². The van der Waals surface area contributed by atoms with Gasteiger partial charge in [-0.05, 0) is 23.3 Å². The molecule has 0 atom stereocenters. The fourth-order valence-corrected chi connectivity index (χ4v) is 1.54. The number of aromatic nitrogens is 2. The third kappa shape index (κ3) is 3.15. The molecule has 2 rings (SSSR count). The Morgan fingerprint density at radius 2 is 2.12 bits per heavy atom. The number of anilines is 1. The number of halogens is 1.